The van der Waals surface area contributed by atoms with Crippen LogP contribution in [0, 0.1) is 27.7 Å². The third-order valence-electron chi connectivity index (χ3n) is 6.00. The van der Waals surface area contributed by atoms with E-state index in [9.17, 15) is 8.42 Å². The summed E-state index contributed by atoms with van der Waals surface area (Å²) in [5.41, 5.74) is 6.59. The second-order valence-electron chi connectivity index (χ2n) is 8.33. The predicted octanol–water partition coefficient (Wildman–Crippen LogP) is 6.12. The molecule has 8 nitrogen and oxygen atoms in total. The van der Waals surface area contributed by atoms with Crippen molar-refractivity contribution in [3.05, 3.63) is 76.6 Å². The van der Waals surface area contributed by atoms with Gasteiger partial charge in [-0.3, -0.25) is 0 Å². The molecule has 2 aromatic carbocycles. The van der Waals surface area contributed by atoms with E-state index >= 15 is 0 Å². The van der Waals surface area contributed by atoms with Crippen LogP contribution >= 0.6 is 11.3 Å². The van der Waals surface area contributed by atoms with Crippen molar-refractivity contribution in [1.29, 1.82) is 0 Å². The molecule has 0 saturated carbocycles. The molecule has 0 saturated heterocycles. The Bertz CT molecular complexity index is 1650. The Balaban J connectivity index is 1.44. The van der Waals surface area contributed by atoms with Crippen molar-refractivity contribution in [3.63, 3.8) is 0 Å². The van der Waals surface area contributed by atoms with Crippen molar-refractivity contribution >= 4 is 49.0 Å². The fourth-order valence-electron chi connectivity index (χ4n) is 3.64. The van der Waals surface area contributed by atoms with Gasteiger partial charge in [0.2, 0.25) is 5.88 Å². The van der Waals surface area contributed by atoms with E-state index in [0.717, 1.165) is 21.3 Å². The average Bonchev–Trinajstić information content (AvgIpc) is 3.41. The highest BCUT2D eigenvalue weighted by molar-refractivity contribution is 7.92. The number of rotatable bonds is 6. The van der Waals surface area contributed by atoms with Crippen molar-refractivity contribution < 1.29 is 12.9 Å². The Labute approximate surface area is 207 Å². The summed E-state index contributed by atoms with van der Waals surface area (Å²) < 4.78 is 33.1. The normalized spacial score (nSPS) is 11.7. The number of hydrogen-bond acceptors (Lipinski definition) is 8. The maximum atomic E-state index is 12.8. The van der Waals surface area contributed by atoms with Gasteiger partial charge in [0.05, 0.1) is 16.0 Å². The van der Waals surface area contributed by atoms with Crippen LogP contribution in [0.1, 0.15) is 22.4 Å². The molecule has 5 rings (SSSR count). The second kappa shape index (κ2) is 8.79. The lowest BCUT2D eigenvalue weighted by molar-refractivity contribution is 0.430. The zero-order chi connectivity index (χ0) is 24.7. The maximum Gasteiger partial charge on any atom is 0.264 e. The van der Waals surface area contributed by atoms with E-state index in [1.807, 2.05) is 0 Å². The van der Waals surface area contributed by atoms with Crippen molar-refractivity contribution in [2.45, 2.75) is 32.6 Å². The van der Waals surface area contributed by atoms with Gasteiger partial charge in [0.25, 0.3) is 10.0 Å². The Kier molecular flexibility index (Phi) is 5.78. The largest absolute Gasteiger partial charge is 0.340 e. The number of benzene rings is 2. The number of fused-ring (bicyclic) bond motifs is 1. The van der Waals surface area contributed by atoms with Gasteiger partial charge in [-0.05, 0) is 68.7 Å². The lowest BCUT2D eigenvalue weighted by Crippen LogP contribution is -2.13. The standard InChI is InChI=1S/C25H23N5O3S2/c1-14-5-6-18(11-15(14)2)21-12-34-25-22(21)23(26-13-27-25)28-19-7-9-20(10-8-19)35(31,32)30-24-16(3)17(4)29-33-24/h5-13,30H,1-4H3,(H,26,27,28). The van der Waals surface area contributed by atoms with Gasteiger partial charge in [-0.25, -0.2) is 23.1 Å². The Morgan fingerprint density at radius 2 is 1.71 bits per heavy atom. The van der Waals surface area contributed by atoms with Crippen LogP contribution in [-0.4, -0.2) is 23.5 Å². The lowest BCUT2D eigenvalue weighted by atomic mass is 10.0. The minimum Gasteiger partial charge on any atom is -0.340 e. The van der Waals surface area contributed by atoms with Gasteiger partial charge in [-0.1, -0.05) is 23.4 Å². The monoisotopic (exact) mass is 505 g/mol. The van der Waals surface area contributed by atoms with Crippen LogP contribution in [0.25, 0.3) is 21.3 Å². The Morgan fingerprint density at radius 1 is 0.943 bits per heavy atom. The first-order valence-corrected chi connectivity index (χ1v) is 13.2. The zero-order valence-corrected chi connectivity index (χ0v) is 21.2. The maximum absolute atomic E-state index is 12.8. The van der Waals surface area contributed by atoms with Gasteiger partial charge < -0.3 is 9.84 Å². The number of nitrogens with one attached hydrogen (secondary N) is 2. The topological polar surface area (TPSA) is 110 Å². The second-order valence-corrected chi connectivity index (χ2v) is 10.9. The summed E-state index contributed by atoms with van der Waals surface area (Å²) >= 11 is 1.56. The summed E-state index contributed by atoms with van der Waals surface area (Å²) in [6.45, 7) is 7.68. The summed E-state index contributed by atoms with van der Waals surface area (Å²) in [7, 11) is -3.82. The van der Waals surface area contributed by atoms with Crippen LogP contribution < -0.4 is 10.0 Å². The molecule has 0 aliphatic carbocycles. The van der Waals surface area contributed by atoms with E-state index in [-0.39, 0.29) is 10.8 Å². The third-order valence-corrected chi connectivity index (χ3v) is 8.23. The summed E-state index contributed by atoms with van der Waals surface area (Å²) in [5.74, 6) is 0.773. The molecule has 3 heterocycles. The van der Waals surface area contributed by atoms with Gasteiger partial charge in [0.1, 0.15) is 17.0 Å². The highest BCUT2D eigenvalue weighted by atomic mass is 32.2. The number of anilines is 3. The minimum absolute atomic E-state index is 0.107. The first-order valence-electron chi connectivity index (χ1n) is 10.9. The van der Waals surface area contributed by atoms with E-state index in [4.69, 9.17) is 4.52 Å². The molecule has 0 amide bonds. The summed E-state index contributed by atoms with van der Waals surface area (Å²) in [6, 6.07) is 12.8. The van der Waals surface area contributed by atoms with Gasteiger partial charge >= 0.3 is 0 Å². The predicted molar refractivity (Wildman–Crippen MR) is 139 cm³/mol. The molecule has 0 atom stereocenters. The summed E-state index contributed by atoms with van der Waals surface area (Å²) in [6.07, 6.45) is 1.52. The van der Waals surface area contributed by atoms with E-state index in [1.165, 1.54) is 29.6 Å². The van der Waals surface area contributed by atoms with Crippen molar-refractivity contribution in [1.82, 2.24) is 15.1 Å². The number of sulfonamides is 1. The van der Waals surface area contributed by atoms with Crippen LogP contribution in [0.5, 0.6) is 0 Å². The Hall–Kier alpha value is -3.76. The first kappa shape index (κ1) is 23.0. The van der Waals surface area contributed by atoms with Crippen molar-refractivity contribution in [2.75, 3.05) is 10.0 Å². The minimum atomic E-state index is -3.82. The molecular formula is C25H23N5O3S2. The van der Waals surface area contributed by atoms with Crippen LogP contribution in [0.2, 0.25) is 0 Å². The van der Waals surface area contributed by atoms with Gasteiger partial charge in [0.15, 0.2) is 0 Å². The number of thiophene rings is 1. The fraction of sp³-hybridized carbons (Fsp3) is 0.160. The molecule has 0 spiro atoms. The molecule has 0 bridgehead atoms. The summed E-state index contributed by atoms with van der Waals surface area (Å²) in [4.78, 5) is 9.88. The molecule has 0 radical (unpaired) electrons. The first-order chi connectivity index (χ1) is 16.7. The van der Waals surface area contributed by atoms with Gasteiger partial charge in [0, 0.05) is 22.2 Å². The Morgan fingerprint density at radius 3 is 2.40 bits per heavy atom. The molecule has 0 aliphatic rings. The van der Waals surface area contributed by atoms with E-state index < -0.39 is 10.0 Å². The highest BCUT2D eigenvalue weighted by Gasteiger charge is 2.19. The molecule has 0 fully saturated rings. The number of aromatic nitrogens is 3. The van der Waals surface area contributed by atoms with Gasteiger partial charge in [-0.15, -0.1) is 11.3 Å². The fourth-order valence-corrected chi connectivity index (χ4v) is 5.60. The number of aryl methyl sites for hydroxylation is 3. The van der Waals surface area contributed by atoms with Crippen LogP contribution in [-0.2, 0) is 10.0 Å². The molecule has 3 aromatic heterocycles. The molecular weight excluding hydrogens is 482 g/mol. The molecule has 0 aliphatic heterocycles. The SMILES string of the molecule is Cc1ccc(-c2csc3ncnc(Nc4ccc(S(=O)(=O)Nc5onc(C)c5C)cc4)c23)cc1C. The van der Waals surface area contributed by atoms with E-state index in [0.29, 0.717) is 22.8 Å². The molecule has 178 valence electrons. The van der Waals surface area contributed by atoms with Crippen molar-refractivity contribution in [2.24, 2.45) is 0 Å². The lowest BCUT2D eigenvalue weighted by Gasteiger charge is -2.11. The summed E-state index contributed by atoms with van der Waals surface area (Å²) in [5, 5.41) is 10.1. The number of nitrogens with zero attached hydrogens (tertiary/aromatic N) is 3. The highest BCUT2D eigenvalue weighted by Crippen LogP contribution is 2.38. The molecule has 0 unspecified atom stereocenters. The zero-order valence-electron chi connectivity index (χ0n) is 19.6. The third kappa shape index (κ3) is 4.38. The molecule has 35 heavy (non-hydrogen) atoms. The molecule has 2 N–H and O–H groups in total. The van der Waals surface area contributed by atoms with E-state index in [2.05, 4.69) is 62.6 Å². The molecule has 10 heteroatoms. The van der Waals surface area contributed by atoms with Crippen molar-refractivity contribution in [3.8, 4) is 11.1 Å². The quantitative estimate of drug-likeness (QED) is 0.286. The molecule has 5 aromatic rings. The average molecular weight is 506 g/mol. The van der Waals surface area contributed by atoms with E-state index in [1.54, 1.807) is 37.3 Å². The van der Waals surface area contributed by atoms with Crippen LogP contribution in [0.4, 0.5) is 17.4 Å². The smallest absolute Gasteiger partial charge is 0.264 e. The van der Waals surface area contributed by atoms with Gasteiger partial charge in [-0.2, -0.15) is 0 Å². The van der Waals surface area contributed by atoms with Crippen LogP contribution in [0.15, 0.2) is 63.6 Å². The van der Waals surface area contributed by atoms with Crippen LogP contribution in [0.3, 0.4) is 0 Å². The number of hydrogen-bond donors (Lipinski definition) is 2.